The van der Waals surface area contributed by atoms with Crippen LogP contribution in [-0.4, -0.2) is 55.4 Å². The number of benzene rings is 2. The third-order valence-electron chi connectivity index (χ3n) is 5.21. The van der Waals surface area contributed by atoms with E-state index in [1.165, 1.54) is 11.0 Å². The molecule has 32 heavy (non-hydrogen) atoms. The Hall–Kier alpha value is -2.62. The zero-order valence-corrected chi connectivity index (χ0v) is 19.3. The van der Waals surface area contributed by atoms with Crippen LogP contribution in [0.15, 0.2) is 42.5 Å². The summed E-state index contributed by atoms with van der Waals surface area (Å²) in [5.74, 6) is -2.35. The van der Waals surface area contributed by atoms with Crippen LogP contribution in [0.2, 0.25) is 0 Å². The first-order valence-electron chi connectivity index (χ1n) is 9.90. The number of fused-ring (bicyclic) bond motifs is 1. The van der Waals surface area contributed by atoms with E-state index in [4.69, 9.17) is 0 Å². The first-order valence-corrected chi connectivity index (χ1v) is 10.7. The van der Waals surface area contributed by atoms with Gasteiger partial charge in [-0.05, 0) is 32.3 Å². The fraction of sp³-hybridized carbons (Fsp3) is 0.318. The number of likely N-dealkylation sites (N-methyl/N-ethyl adjacent to an activating group) is 1. The summed E-state index contributed by atoms with van der Waals surface area (Å²) in [4.78, 5) is 35.3. The highest BCUT2D eigenvalue weighted by Gasteiger charge is 2.38. The van der Waals surface area contributed by atoms with Gasteiger partial charge in [-0.2, -0.15) is 0 Å². The first-order chi connectivity index (χ1) is 14.8. The van der Waals surface area contributed by atoms with Crippen LogP contribution >= 0.6 is 23.7 Å². The Kier molecular flexibility index (Phi) is 7.43. The number of hydrogen-bond acceptors (Lipinski definition) is 5. The summed E-state index contributed by atoms with van der Waals surface area (Å²) in [5.41, 5.74) is 0.789. The number of para-hydroxylation sites is 1. The van der Waals surface area contributed by atoms with Crippen molar-refractivity contribution in [1.82, 2.24) is 9.88 Å². The third kappa shape index (κ3) is 4.90. The monoisotopic (exact) mass is 480 g/mol. The second-order valence-corrected chi connectivity index (χ2v) is 8.77. The van der Waals surface area contributed by atoms with E-state index in [1.807, 2.05) is 49.3 Å². The van der Waals surface area contributed by atoms with Crippen molar-refractivity contribution >= 4 is 56.6 Å². The van der Waals surface area contributed by atoms with E-state index < -0.39 is 17.6 Å². The van der Waals surface area contributed by atoms with Crippen molar-refractivity contribution in [2.75, 3.05) is 43.5 Å². The van der Waals surface area contributed by atoms with Gasteiger partial charge in [0, 0.05) is 37.8 Å². The molecular weight excluding hydrogens is 458 g/mol. The van der Waals surface area contributed by atoms with Crippen LogP contribution < -0.4 is 9.80 Å². The van der Waals surface area contributed by atoms with E-state index in [-0.39, 0.29) is 42.7 Å². The van der Waals surface area contributed by atoms with Crippen LogP contribution in [0.3, 0.4) is 0 Å². The van der Waals surface area contributed by atoms with Gasteiger partial charge in [-0.1, -0.05) is 29.5 Å². The molecule has 2 aromatic carbocycles. The van der Waals surface area contributed by atoms with E-state index >= 15 is 0 Å². The number of amides is 2. The molecule has 0 radical (unpaired) electrons. The van der Waals surface area contributed by atoms with E-state index in [9.17, 15) is 18.4 Å². The summed E-state index contributed by atoms with van der Waals surface area (Å²) in [6.45, 7) is 1.15. The SMILES string of the molecule is CN(C)CCN(C(=O)C1CC(=O)N(c2ccccc2)C1)c1nc2c(F)cc(F)cc2s1.Cl. The normalized spacial score (nSPS) is 16.0. The van der Waals surface area contributed by atoms with Gasteiger partial charge in [0.25, 0.3) is 0 Å². The Morgan fingerprint density at radius 2 is 1.91 bits per heavy atom. The summed E-state index contributed by atoms with van der Waals surface area (Å²) in [6.07, 6.45) is 0.0973. The minimum Gasteiger partial charge on any atom is -0.312 e. The molecule has 1 unspecified atom stereocenters. The van der Waals surface area contributed by atoms with Gasteiger partial charge in [0.05, 0.1) is 10.6 Å². The molecular formula is C22H23ClF2N4O2S. The number of nitrogens with zero attached hydrogens (tertiary/aromatic N) is 4. The number of anilines is 2. The van der Waals surface area contributed by atoms with Gasteiger partial charge in [-0.3, -0.25) is 14.5 Å². The fourth-order valence-corrected chi connectivity index (χ4v) is 4.65. The molecule has 1 atom stereocenters. The average molecular weight is 481 g/mol. The van der Waals surface area contributed by atoms with Gasteiger partial charge >= 0.3 is 0 Å². The molecule has 10 heteroatoms. The lowest BCUT2D eigenvalue weighted by Crippen LogP contribution is -2.41. The molecule has 1 aliphatic rings. The van der Waals surface area contributed by atoms with Gasteiger partial charge < -0.3 is 9.80 Å². The molecule has 0 bridgehead atoms. The Morgan fingerprint density at radius 1 is 1.19 bits per heavy atom. The van der Waals surface area contributed by atoms with Crippen LogP contribution in [0.1, 0.15) is 6.42 Å². The molecule has 3 aromatic rings. The van der Waals surface area contributed by atoms with Crippen molar-refractivity contribution in [1.29, 1.82) is 0 Å². The Labute approximate surface area is 194 Å². The average Bonchev–Trinajstić information content (AvgIpc) is 3.32. The summed E-state index contributed by atoms with van der Waals surface area (Å²) in [7, 11) is 3.76. The molecule has 6 nitrogen and oxygen atoms in total. The maximum absolute atomic E-state index is 14.2. The van der Waals surface area contributed by atoms with Gasteiger partial charge in [0.2, 0.25) is 11.8 Å². The summed E-state index contributed by atoms with van der Waals surface area (Å²) >= 11 is 1.07. The van der Waals surface area contributed by atoms with E-state index in [2.05, 4.69) is 4.98 Å². The maximum atomic E-state index is 14.2. The Morgan fingerprint density at radius 3 is 2.59 bits per heavy atom. The predicted octanol–water partition coefficient (Wildman–Crippen LogP) is 3.94. The summed E-state index contributed by atoms with van der Waals surface area (Å²) in [6, 6.07) is 11.2. The van der Waals surface area contributed by atoms with Crippen LogP contribution in [-0.2, 0) is 9.59 Å². The molecule has 1 aromatic heterocycles. The molecule has 0 aliphatic carbocycles. The smallest absolute Gasteiger partial charge is 0.234 e. The molecule has 0 N–H and O–H groups in total. The first kappa shape index (κ1) is 24.0. The highest BCUT2D eigenvalue weighted by molar-refractivity contribution is 7.22. The van der Waals surface area contributed by atoms with Gasteiger partial charge in [0.15, 0.2) is 10.9 Å². The van der Waals surface area contributed by atoms with Crippen molar-refractivity contribution in [2.45, 2.75) is 6.42 Å². The summed E-state index contributed by atoms with van der Waals surface area (Å²) < 4.78 is 28.1. The second-order valence-electron chi connectivity index (χ2n) is 7.76. The summed E-state index contributed by atoms with van der Waals surface area (Å²) in [5, 5.41) is 0.303. The lowest BCUT2D eigenvalue weighted by atomic mass is 10.1. The molecule has 1 aliphatic heterocycles. The number of carbonyl (C=O) groups excluding carboxylic acids is 2. The lowest BCUT2D eigenvalue weighted by Gasteiger charge is -2.24. The lowest BCUT2D eigenvalue weighted by molar-refractivity contribution is -0.124. The Balaban J connectivity index is 0.00000289. The number of rotatable bonds is 6. The number of carbonyl (C=O) groups is 2. The van der Waals surface area contributed by atoms with Gasteiger partial charge in [0.1, 0.15) is 11.3 Å². The number of aromatic nitrogens is 1. The van der Waals surface area contributed by atoms with Crippen LogP contribution in [0.4, 0.5) is 19.6 Å². The van der Waals surface area contributed by atoms with Gasteiger partial charge in [-0.25, -0.2) is 13.8 Å². The minimum absolute atomic E-state index is 0. The van der Waals surface area contributed by atoms with Crippen LogP contribution in [0.5, 0.6) is 0 Å². The molecule has 1 saturated heterocycles. The highest BCUT2D eigenvalue weighted by Crippen LogP contribution is 2.33. The number of thiazole rings is 1. The minimum atomic E-state index is -0.760. The molecule has 0 saturated carbocycles. The molecule has 4 rings (SSSR count). The largest absolute Gasteiger partial charge is 0.312 e. The van der Waals surface area contributed by atoms with Crippen molar-refractivity contribution in [3.05, 3.63) is 54.1 Å². The number of hydrogen-bond donors (Lipinski definition) is 0. The van der Waals surface area contributed by atoms with Crippen molar-refractivity contribution < 1.29 is 18.4 Å². The fourth-order valence-electron chi connectivity index (χ4n) is 3.61. The molecule has 2 amide bonds. The predicted molar refractivity (Wildman–Crippen MR) is 125 cm³/mol. The molecule has 1 fully saturated rings. The number of halogens is 3. The Bertz CT molecular complexity index is 1130. The highest BCUT2D eigenvalue weighted by atomic mass is 35.5. The van der Waals surface area contributed by atoms with E-state index in [1.54, 1.807) is 4.90 Å². The molecule has 2 heterocycles. The van der Waals surface area contributed by atoms with E-state index in [0.29, 0.717) is 22.9 Å². The zero-order valence-electron chi connectivity index (χ0n) is 17.6. The third-order valence-corrected chi connectivity index (χ3v) is 6.24. The van der Waals surface area contributed by atoms with Crippen molar-refractivity contribution in [3.63, 3.8) is 0 Å². The topological polar surface area (TPSA) is 56.8 Å². The van der Waals surface area contributed by atoms with E-state index in [0.717, 1.165) is 23.1 Å². The van der Waals surface area contributed by atoms with Gasteiger partial charge in [-0.15, -0.1) is 12.4 Å². The van der Waals surface area contributed by atoms with Crippen molar-refractivity contribution in [3.8, 4) is 0 Å². The van der Waals surface area contributed by atoms with Crippen LogP contribution in [0, 0.1) is 17.6 Å². The van der Waals surface area contributed by atoms with Crippen LogP contribution in [0.25, 0.3) is 10.2 Å². The second kappa shape index (κ2) is 9.89. The zero-order chi connectivity index (χ0) is 22.1. The molecule has 170 valence electrons. The molecule has 0 spiro atoms. The van der Waals surface area contributed by atoms with Crippen molar-refractivity contribution in [2.24, 2.45) is 5.92 Å². The quantitative estimate of drug-likeness (QED) is 0.536. The standard InChI is InChI=1S/C22H22F2N4O2S.ClH/c1-26(2)8-9-27(22-25-20-17(24)11-15(23)12-18(20)31-22)21(30)14-10-19(29)28(13-14)16-6-4-3-5-7-16;/h3-7,11-12,14H,8-10,13H2,1-2H3;1H. The maximum Gasteiger partial charge on any atom is 0.234 e.